The van der Waals surface area contributed by atoms with E-state index in [4.69, 9.17) is 0 Å². The van der Waals surface area contributed by atoms with Crippen molar-refractivity contribution >= 4 is 0 Å². The van der Waals surface area contributed by atoms with Crippen LogP contribution < -0.4 is 0 Å². The van der Waals surface area contributed by atoms with E-state index in [1.165, 1.54) is 24.1 Å². The van der Waals surface area contributed by atoms with E-state index in [0.717, 1.165) is 25.9 Å². The highest BCUT2D eigenvalue weighted by Gasteiger charge is 2.13. The molecule has 2 heteroatoms. The van der Waals surface area contributed by atoms with Crippen molar-refractivity contribution < 1.29 is 0 Å². The maximum Gasteiger partial charge on any atom is 0.0458 e. The van der Waals surface area contributed by atoms with Crippen molar-refractivity contribution in [1.29, 1.82) is 0 Å². The molecule has 0 aromatic rings. The third kappa shape index (κ3) is 5.14. The lowest BCUT2D eigenvalue weighted by Crippen LogP contribution is -2.31. The number of likely N-dealkylation sites (N-methyl/N-ethyl adjacent to an activating group) is 1. The summed E-state index contributed by atoms with van der Waals surface area (Å²) < 4.78 is 0. The van der Waals surface area contributed by atoms with E-state index in [1.807, 2.05) is 0 Å². The fourth-order valence-electron chi connectivity index (χ4n) is 2.30. The fourth-order valence-corrected chi connectivity index (χ4v) is 2.30. The molecule has 0 saturated heterocycles. The third-order valence-corrected chi connectivity index (χ3v) is 3.85. The van der Waals surface area contributed by atoms with E-state index >= 15 is 0 Å². The van der Waals surface area contributed by atoms with E-state index in [-0.39, 0.29) is 0 Å². The second-order valence-corrected chi connectivity index (χ2v) is 5.51. The van der Waals surface area contributed by atoms with Crippen molar-refractivity contribution in [3.05, 3.63) is 36.2 Å². The summed E-state index contributed by atoms with van der Waals surface area (Å²) in [6, 6.07) is 0.491. The van der Waals surface area contributed by atoms with Gasteiger partial charge in [0.1, 0.15) is 0 Å². The Morgan fingerprint density at radius 3 is 2.68 bits per heavy atom. The zero-order valence-electron chi connectivity index (χ0n) is 13.2. The van der Waals surface area contributed by atoms with E-state index in [0.29, 0.717) is 6.04 Å². The normalized spacial score (nSPS) is 18.4. The molecule has 0 amide bonds. The molecular weight excluding hydrogens is 232 g/mol. The van der Waals surface area contributed by atoms with Gasteiger partial charge in [0.15, 0.2) is 0 Å². The summed E-state index contributed by atoms with van der Waals surface area (Å²) in [5.41, 5.74) is 2.76. The van der Waals surface area contributed by atoms with Gasteiger partial charge >= 0.3 is 0 Å². The monoisotopic (exact) mass is 262 g/mol. The minimum absolute atomic E-state index is 0.491. The van der Waals surface area contributed by atoms with Crippen molar-refractivity contribution in [2.24, 2.45) is 0 Å². The number of hydrogen-bond acceptors (Lipinski definition) is 2. The Morgan fingerprint density at radius 2 is 2.11 bits per heavy atom. The second kappa shape index (κ2) is 8.08. The van der Waals surface area contributed by atoms with Gasteiger partial charge in [0.05, 0.1) is 0 Å². The summed E-state index contributed by atoms with van der Waals surface area (Å²) in [7, 11) is 2.13. The van der Waals surface area contributed by atoms with Crippen molar-refractivity contribution in [3.63, 3.8) is 0 Å². The Kier molecular flexibility index (Phi) is 6.75. The predicted molar refractivity (Wildman–Crippen MR) is 85.0 cm³/mol. The first-order valence-electron chi connectivity index (χ1n) is 7.62. The highest BCUT2D eigenvalue weighted by atomic mass is 15.2. The minimum Gasteiger partial charge on any atom is -0.374 e. The third-order valence-electron chi connectivity index (χ3n) is 3.85. The summed E-state index contributed by atoms with van der Waals surface area (Å²) in [5.74, 6) is 0. The van der Waals surface area contributed by atoms with Crippen LogP contribution in [-0.4, -0.2) is 36.0 Å². The van der Waals surface area contributed by atoms with Gasteiger partial charge in [-0.1, -0.05) is 26.0 Å². The molecule has 0 spiro atoms. The second-order valence-electron chi connectivity index (χ2n) is 5.51. The summed E-state index contributed by atoms with van der Waals surface area (Å²) in [4.78, 5) is 4.76. The fraction of sp³-hybridized carbons (Fsp3) is 0.647. The van der Waals surface area contributed by atoms with Crippen LogP contribution in [0.15, 0.2) is 36.2 Å². The number of hydrogen-bond donors (Lipinski definition) is 0. The Labute approximate surface area is 119 Å². The van der Waals surface area contributed by atoms with Crippen LogP contribution >= 0.6 is 0 Å². The summed E-state index contributed by atoms with van der Waals surface area (Å²) in [5, 5.41) is 0. The van der Waals surface area contributed by atoms with Crippen LogP contribution in [0.25, 0.3) is 0 Å². The van der Waals surface area contributed by atoms with Gasteiger partial charge in [-0.3, -0.25) is 0 Å². The van der Waals surface area contributed by atoms with Gasteiger partial charge in [-0.2, -0.15) is 0 Å². The van der Waals surface area contributed by atoms with Crippen molar-refractivity contribution in [2.75, 3.05) is 20.1 Å². The molecule has 1 unspecified atom stereocenters. The first kappa shape index (κ1) is 15.9. The SMILES string of the molecule is C=C(CC)CCCN(CCC)C1=CC(C)N(C)C=C1. The van der Waals surface area contributed by atoms with Crippen molar-refractivity contribution in [3.8, 4) is 0 Å². The summed E-state index contributed by atoms with van der Waals surface area (Å²) in [6.45, 7) is 13.1. The van der Waals surface area contributed by atoms with Gasteiger partial charge in [-0.05, 0) is 44.8 Å². The van der Waals surface area contributed by atoms with E-state index in [1.54, 1.807) is 0 Å². The predicted octanol–water partition coefficient (Wildman–Crippen LogP) is 4.18. The van der Waals surface area contributed by atoms with Crippen molar-refractivity contribution in [2.45, 2.75) is 52.5 Å². The molecule has 0 bridgehead atoms. The van der Waals surface area contributed by atoms with Crippen LogP contribution in [0.1, 0.15) is 46.5 Å². The Balaban J connectivity index is 2.55. The van der Waals surface area contributed by atoms with E-state index in [2.05, 4.69) is 62.5 Å². The summed E-state index contributed by atoms with van der Waals surface area (Å²) in [6.07, 6.45) is 11.5. The molecule has 2 nitrogen and oxygen atoms in total. The largest absolute Gasteiger partial charge is 0.374 e. The highest BCUT2D eigenvalue weighted by Crippen LogP contribution is 2.17. The van der Waals surface area contributed by atoms with Crippen LogP contribution in [0.5, 0.6) is 0 Å². The number of allylic oxidation sites excluding steroid dienone is 2. The Bertz CT molecular complexity index is 341. The number of rotatable bonds is 8. The van der Waals surface area contributed by atoms with Gasteiger partial charge in [0.25, 0.3) is 0 Å². The lowest BCUT2D eigenvalue weighted by molar-refractivity contribution is 0.327. The van der Waals surface area contributed by atoms with Crippen LogP contribution in [0.3, 0.4) is 0 Å². The molecule has 0 aromatic carbocycles. The molecular formula is C17H30N2. The molecule has 1 aliphatic rings. The first-order valence-corrected chi connectivity index (χ1v) is 7.62. The zero-order chi connectivity index (χ0) is 14.3. The van der Waals surface area contributed by atoms with Crippen LogP contribution in [0.4, 0.5) is 0 Å². The Morgan fingerprint density at radius 1 is 1.37 bits per heavy atom. The molecule has 108 valence electrons. The molecule has 0 saturated carbocycles. The average Bonchev–Trinajstić information content (AvgIpc) is 2.40. The lowest BCUT2D eigenvalue weighted by atomic mass is 10.1. The molecule has 0 radical (unpaired) electrons. The molecule has 0 fully saturated rings. The van der Waals surface area contributed by atoms with Crippen LogP contribution in [-0.2, 0) is 0 Å². The van der Waals surface area contributed by atoms with Crippen molar-refractivity contribution in [1.82, 2.24) is 9.80 Å². The van der Waals surface area contributed by atoms with Gasteiger partial charge in [-0.15, -0.1) is 0 Å². The topological polar surface area (TPSA) is 6.48 Å². The minimum atomic E-state index is 0.491. The highest BCUT2D eigenvalue weighted by molar-refractivity contribution is 5.23. The van der Waals surface area contributed by atoms with Gasteiger partial charge < -0.3 is 9.80 Å². The van der Waals surface area contributed by atoms with Gasteiger partial charge in [0, 0.05) is 38.1 Å². The molecule has 1 atom stereocenters. The first-order chi connectivity index (χ1) is 9.08. The zero-order valence-corrected chi connectivity index (χ0v) is 13.2. The lowest BCUT2D eigenvalue weighted by Gasteiger charge is -2.32. The molecule has 0 N–H and O–H groups in total. The molecule has 1 aliphatic heterocycles. The molecule has 1 heterocycles. The molecule has 0 aromatic heterocycles. The Hall–Kier alpha value is -1.18. The quantitative estimate of drug-likeness (QED) is 0.606. The molecule has 19 heavy (non-hydrogen) atoms. The summed E-state index contributed by atoms with van der Waals surface area (Å²) >= 11 is 0. The number of nitrogens with zero attached hydrogens (tertiary/aromatic N) is 2. The van der Waals surface area contributed by atoms with Crippen LogP contribution in [0, 0.1) is 0 Å². The maximum absolute atomic E-state index is 4.10. The van der Waals surface area contributed by atoms with Gasteiger partial charge in [0.2, 0.25) is 0 Å². The molecule has 1 rings (SSSR count). The van der Waals surface area contributed by atoms with E-state index < -0.39 is 0 Å². The average molecular weight is 262 g/mol. The molecule has 0 aliphatic carbocycles. The maximum atomic E-state index is 4.10. The van der Waals surface area contributed by atoms with Crippen LogP contribution in [0.2, 0.25) is 0 Å². The van der Waals surface area contributed by atoms with E-state index in [9.17, 15) is 0 Å². The standard InChI is InChI=1S/C17H30N2/c1-6-11-19(12-8-9-15(3)7-2)17-10-13-18(5)16(4)14-17/h10,13-14,16H,3,6-9,11-12H2,1-2,4-5H3. The smallest absolute Gasteiger partial charge is 0.0458 e. The van der Waals surface area contributed by atoms with Gasteiger partial charge in [-0.25, -0.2) is 0 Å².